The van der Waals surface area contributed by atoms with E-state index >= 15 is 0 Å². The molecule has 0 aromatic carbocycles. The average molecular weight is 543 g/mol. The van der Waals surface area contributed by atoms with Crippen molar-refractivity contribution in [2.75, 3.05) is 18.1 Å². The first kappa shape index (κ1) is 24.7. The number of nitrogens with two attached hydrogens (primary N) is 1. The summed E-state index contributed by atoms with van der Waals surface area (Å²) in [6.07, 6.45) is 3.47. The molecule has 5 rings (SSSR count). The number of aryl methyl sites for hydroxylation is 1. The van der Waals surface area contributed by atoms with Crippen LogP contribution in [0, 0.1) is 6.92 Å². The third-order valence-corrected chi connectivity index (χ3v) is 7.83. The molecule has 0 unspecified atom stereocenters. The highest BCUT2D eigenvalue weighted by atomic mass is 32.2. The Hall–Kier alpha value is -3.98. The van der Waals surface area contributed by atoms with Gasteiger partial charge in [0.15, 0.2) is 10.8 Å². The number of oxime groups is 1. The van der Waals surface area contributed by atoms with Gasteiger partial charge in [0.05, 0.1) is 11.7 Å². The molecule has 2 aliphatic heterocycles. The lowest BCUT2D eigenvalue weighted by Crippen LogP contribution is -2.71. The second-order valence-corrected chi connectivity index (χ2v) is 10.3. The molecule has 0 aliphatic carbocycles. The Kier molecular flexibility index (Phi) is 6.55. The van der Waals surface area contributed by atoms with E-state index in [0.717, 1.165) is 22.5 Å². The van der Waals surface area contributed by atoms with Gasteiger partial charge >= 0.3 is 5.65 Å². The summed E-state index contributed by atoms with van der Waals surface area (Å²) in [5.74, 6) is -2.37. The maximum Gasteiger partial charge on any atom is 0.308 e. The van der Waals surface area contributed by atoms with Crippen LogP contribution >= 0.6 is 23.1 Å². The van der Waals surface area contributed by atoms with Crippen molar-refractivity contribution in [1.82, 2.24) is 24.9 Å². The second kappa shape index (κ2) is 9.82. The molecule has 0 bridgehead atoms. The van der Waals surface area contributed by atoms with E-state index in [-0.39, 0.29) is 35.4 Å². The fraction of sp³-hybridized carbons (Fsp3) is 0.318. The number of aliphatic carboxylic acids is 1. The van der Waals surface area contributed by atoms with Crippen molar-refractivity contribution < 1.29 is 28.8 Å². The molecular formula is C22H22N8O5S2. The number of rotatable bonds is 8. The van der Waals surface area contributed by atoms with Crippen LogP contribution in [-0.2, 0) is 25.8 Å². The predicted molar refractivity (Wildman–Crippen MR) is 132 cm³/mol. The van der Waals surface area contributed by atoms with Crippen molar-refractivity contribution >= 4 is 57.4 Å². The van der Waals surface area contributed by atoms with Gasteiger partial charge in [-0.3, -0.25) is 14.5 Å². The lowest BCUT2D eigenvalue weighted by Gasteiger charge is -2.50. The number of nitrogens with zero attached hydrogens (tertiary/aromatic N) is 6. The summed E-state index contributed by atoms with van der Waals surface area (Å²) in [6, 6.07) is 2.87. The van der Waals surface area contributed by atoms with Crippen molar-refractivity contribution in [2.45, 2.75) is 31.8 Å². The number of nitrogen functional groups attached to an aromatic ring is 1. The van der Waals surface area contributed by atoms with Crippen LogP contribution in [0.25, 0.3) is 5.65 Å². The lowest BCUT2D eigenvalue weighted by atomic mass is 10.0. The summed E-state index contributed by atoms with van der Waals surface area (Å²) in [5, 5.41) is 24.1. The van der Waals surface area contributed by atoms with Crippen molar-refractivity contribution in [1.29, 1.82) is 0 Å². The van der Waals surface area contributed by atoms with Crippen LogP contribution in [0.15, 0.2) is 46.5 Å². The third kappa shape index (κ3) is 4.51. The largest absolute Gasteiger partial charge is 0.543 e. The smallest absolute Gasteiger partial charge is 0.308 e. The van der Waals surface area contributed by atoms with Gasteiger partial charge in [0, 0.05) is 22.8 Å². The SMILES string of the molecule is CCO/N=C(\C(=O)N[C@@H]1C(=O)N2C(C(=O)[O-])=C(Cn3cn[n+]4cc(C)ccc34)CS[C@@H]12)c1csc(N)n1. The number of thioether (sulfide) groups is 1. The Morgan fingerprint density at radius 2 is 2.22 bits per heavy atom. The zero-order valence-corrected chi connectivity index (χ0v) is 21.4. The summed E-state index contributed by atoms with van der Waals surface area (Å²) in [6.45, 7) is 4.09. The van der Waals surface area contributed by atoms with Gasteiger partial charge in [0.25, 0.3) is 11.8 Å². The van der Waals surface area contributed by atoms with E-state index < -0.39 is 29.2 Å². The molecule has 15 heteroatoms. The summed E-state index contributed by atoms with van der Waals surface area (Å²) < 4.78 is 3.50. The number of hydrogen-bond acceptors (Lipinski definition) is 11. The van der Waals surface area contributed by atoms with Gasteiger partial charge in [-0.25, -0.2) is 9.55 Å². The molecule has 5 heterocycles. The highest BCUT2D eigenvalue weighted by Gasteiger charge is 2.53. The summed E-state index contributed by atoms with van der Waals surface area (Å²) >= 11 is 2.48. The fourth-order valence-electron chi connectivity index (χ4n) is 4.14. The van der Waals surface area contributed by atoms with E-state index in [4.69, 9.17) is 10.6 Å². The maximum absolute atomic E-state index is 13.1. The minimum Gasteiger partial charge on any atom is -0.543 e. The summed E-state index contributed by atoms with van der Waals surface area (Å²) in [7, 11) is 0. The molecule has 13 nitrogen and oxygen atoms in total. The zero-order valence-electron chi connectivity index (χ0n) is 19.8. The Labute approximate surface area is 218 Å². The van der Waals surface area contributed by atoms with Crippen LogP contribution in [0.3, 0.4) is 0 Å². The van der Waals surface area contributed by atoms with Crippen molar-refractivity contribution in [3.8, 4) is 0 Å². The molecule has 3 aromatic rings. The van der Waals surface area contributed by atoms with Gasteiger partial charge in [-0.2, -0.15) is 0 Å². The third-order valence-electron chi connectivity index (χ3n) is 5.82. The first-order valence-corrected chi connectivity index (χ1v) is 13.1. The van der Waals surface area contributed by atoms with Crippen LogP contribution < -0.4 is 20.7 Å². The standard InChI is InChI=1S/C22H22N8O5S2/c1-3-35-27-15(13-9-37-22(23)25-13)18(31)26-16-19(32)30-17(21(33)34)12(8-36-20(16)30)7-28-10-24-29-6-11(2)4-5-14(28)29/h4-6,9-10,16,20H,3,7-8H2,1-2H3,(H3-,23,25,26,31,33,34)/b27-15-/t16-,20+/m1/s1. The van der Waals surface area contributed by atoms with Crippen molar-refractivity contribution in [2.24, 2.45) is 5.16 Å². The molecule has 3 N–H and O–H groups in total. The minimum absolute atomic E-state index is 0.127. The molecule has 2 amide bonds. The van der Waals surface area contributed by atoms with Gasteiger partial charge in [-0.15, -0.1) is 27.6 Å². The Morgan fingerprint density at radius 3 is 2.92 bits per heavy atom. The van der Waals surface area contributed by atoms with Gasteiger partial charge in [-0.1, -0.05) is 5.16 Å². The van der Waals surface area contributed by atoms with Crippen molar-refractivity contribution in [3.63, 3.8) is 0 Å². The Balaban J connectivity index is 1.37. The van der Waals surface area contributed by atoms with Crippen LogP contribution in [0.5, 0.6) is 0 Å². The topological polar surface area (TPSA) is 172 Å². The first-order valence-electron chi connectivity index (χ1n) is 11.2. The number of carbonyl (C=O) groups is 3. The fourth-order valence-corrected chi connectivity index (χ4v) is 6.02. The van der Waals surface area contributed by atoms with Gasteiger partial charge in [0.1, 0.15) is 36.5 Å². The molecule has 1 saturated heterocycles. The second-order valence-electron chi connectivity index (χ2n) is 8.30. The minimum atomic E-state index is -1.46. The highest BCUT2D eigenvalue weighted by molar-refractivity contribution is 8.00. The first-order chi connectivity index (χ1) is 17.8. The Bertz CT molecular complexity index is 1480. The van der Waals surface area contributed by atoms with E-state index in [1.165, 1.54) is 16.7 Å². The highest BCUT2D eigenvalue weighted by Crippen LogP contribution is 2.40. The number of anilines is 1. The Morgan fingerprint density at radius 1 is 1.41 bits per heavy atom. The number of hydrogen-bond donors (Lipinski definition) is 2. The molecule has 1 fully saturated rings. The maximum atomic E-state index is 13.1. The monoisotopic (exact) mass is 542 g/mol. The number of carboxylic acid groups (broad SMARTS) is 1. The molecule has 3 aromatic heterocycles. The van der Waals surface area contributed by atoms with Crippen LogP contribution in [0.1, 0.15) is 18.2 Å². The van der Waals surface area contributed by atoms with Crippen molar-refractivity contribution in [3.05, 3.63) is 52.6 Å². The average Bonchev–Trinajstić information content (AvgIpc) is 3.47. The zero-order chi connectivity index (χ0) is 26.3. The number of aromatic nitrogens is 4. The number of thiazole rings is 1. The lowest BCUT2D eigenvalue weighted by molar-refractivity contribution is -0.578. The molecule has 0 spiro atoms. The number of fused-ring (bicyclic) bond motifs is 2. The van der Waals surface area contributed by atoms with E-state index in [2.05, 4.69) is 20.6 Å². The summed E-state index contributed by atoms with van der Waals surface area (Å²) in [4.78, 5) is 48.5. The molecule has 0 saturated carbocycles. The van der Waals surface area contributed by atoms with Crippen LogP contribution in [0.2, 0.25) is 0 Å². The number of amides is 2. The van der Waals surface area contributed by atoms with Crippen LogP contribution in [-0.4, -0.2) is 66.8 Å². The van der Waals surface area contributed by atoms with E-state index in [0.29, 0.717) is 11.3 Å². The summed E-state index contributed by atoms with van der Waals surface area (Å²) in [5.41, 5.74) is 7.89. The normalized spacial score (nSPS) is 19.6. The molecule has 37 heavy (non-hydrogen) atoms. The van der Waals surface area contributed by atoms with Gasteiger partial charge in [-0.05, 0) is 30.6 Å². The quantitative estimate of drug-likeness (QED) is 0.154. The van der Waals surface area contributed by atoms with E-state index in [1.54, 1.807) is 27.7 Å². The van der Waals surface area contributed by atoms with Gasteiger partial charge < -0.3 is 25.8 Å². The molecule has 2 aliphatic rings. The number of pyridine rings is 1. The molecule has 0 radical (unpaired) electrons. The number of carbonyl (C=O) groups excluding carboxylic acids is 3. The number of nitrogens with one attached hydrogen (secondary N) is 1. The van der Waals surface area contributed by atoms with E-state index in [1.807, 2.05) is 25.3 Å². The predicted octanol–water partition coefficient (Wildman–Crippen LogP) is -1.19. The number of carboxylic acids is 1. The van der Waals surface area contributed by atoms with Crippen LogP contribution in [0.4, 0.5) is 5.13 Å². The molecule has 192 valence electrons. The molecular weight excluding hydrogens is 520 g/mol. The molecule has 2 atom stereocenters. The van der Waals surface area contributed by atoms with E-state index in [9.17, 15) is 19.5 Å². The van der Waals surface area contributed by atoms with Gasteiger partial charge in [0.2, 0.25) is 6.33 Å². The number of β-lactam (4-membered cyclic amide) rings is 1.